The molecule has 32 heavy (non-hydrogen) atoms. The van der Waals surface area contributed by atoms with Crippen LogP contribution in [0.4, 0.5) is 20.3 Å². The van der Waals surface area contributed by atoms with Crippen molar-refractivity contribution in [2.24, 2.45) is 0 Å². The van der Waals surface area contributed by atoms with Crippen molar-refractivity contribution in [1.29, 1.82) is 0 Å². The second-order valence-electron chi connectivity index (χ2n) is 8.82. The highest BCUT2D eigenvalue weighted by Crippen LogP contribution is 2.51. The summed E-state index contributed by atoms with van der Waals surface area (Å²) in [6, 6.07) is 8.02. The molecule has 6 nitrogen and oxygen atoms in total. The van der Waals surface area contributed by atoms with Crippen molar-refractivity contribution in [3.05, 3.63) is 66.1 Å². The number of nitrogens with one attached hydrogen (secondary N) is 1. The molecule has 1 aliphatic carbocycles. The predicted octanol–water partition coefficient (Wildman–Crippen LogP) is 4.74. The van der Waals surface area contributed by atoms with Gasteiger partial charge in [-0.05, 0) is 12.1 Å². The summed E-state index contributed by atoms with van der Waals surface area (Å²) in [5, 5.41) is 2.89. The number of fused-ring (bicyclic) bond motifs is 1. The largest absolute Gasteiger partial charge is 0.348 e. The molecule has 2 aromatic heterocycles. The van der Waals surface area contributed by atoms with Crippen molar-refractivity contribution in [3.8, 4) is 11.1 Å². The number of carbonyl (C=O) groups excluding carboxylic acids is 1. The van der Waals surface area contributed by atoms with Crippen LogP contribution >= 0.6 is 0 Å². The van der Waals surface area contributed by atoms with Gasteiger partial charge < -0.3 is 10.2 Å². The zero-order valence-electron chi connectivity index (χ0n) is 17.8. The van der Waals surface area contributed by atoms with Gasteiger partial charge in [0.15, 0.2) is 5.82 Å². The standard InChI is InChI=1S/C24H23F2N5O/c1-14(2)21-28-11-15(12-29-21)23(32)30-20-18(17-5-3-4-6-19(17)25)7-8-27-22(20)31-13-24(26)9-16(31)10-24/h3-8,11-12,14,16H,9-10,13H2,1-2H3,(H,30,32). The molecule has 4 heterocycles. The minimum atomic E-state index is -1.22. The van der Waals surface area contributed by atoms with Gasteiger partial charge in [-0.15, -0.1) is 0 Å². The lowest BCUT2D eigenvalue weighted by molar-refractivity contribution is 0.102. The monoisotopic (exact) mass is 435 g/mol. The van der Waals surface area contributed by atoms with Crippen molar-refractivity contribution < 1.29 is 13.6 Å². The maximum absolute atomic E-state index is 14.7. The Bertz CT molecular complexity index is 1180. The number of nitrogens with zero attached hydrogens (tertiary/aromatic N) is 4. The molecule has 0 radical (unpaired) electrons. The number of anilines is 2. The molecule has 2 saturated heterocycles. The van der Waals surface area contributed by atoms with Gasteiger partial charge in [-0.3, -0.25) is 4.79 Å². The number of pyridine rings is 1. The summed E-state index contributed by atoms with van der Waals surface area (Å²) < 4.78 is 29.3. The molecular formula is C24H23F2N5O. The highest BCUT2D eigenvalue weighted by molar-refractivity contribution is 6.08. The molecule has 1 aromatic carbocycles. The summed E-state index contributed by atoms with van der Waals surface area (Å²) in [6.07, 6.45) is 5.39. The lowest BCUT2D eigenvalue weighted by Crippen LogP contribution is -2.36. The van der Waals surface area contributed by atoms with E-state index in [9.17, 15) is 13.6 Å². The van der Waals surface area contributed by atoms with E-state index < -0.39 is 17.4 Å². The normalized spacial score (nSPS) is 21.5. The van der Waals surface area contributed by atoms with E-state index in [1.807, 2.05) is 18.7 Å². The minimum Gasteiger partial charge on any atom is -0.348 e. The van der Waals surface area contributed by atoms with Gasteiger partial charge in [-0.25, -0.2) is 23.7 Å². The average molecular weight is 435 g/mol. The third-order valence-electron chi connectivity index (χ3n) is 6.15. The molecule has 1 N–H and O–H groups in total. The van der Waals surface area contributed by atoms with Gasteiger partial charge in [-0.1, -0.05) is 32.0 Å². The quantitative estimate of drug-likeness (QED) is 0.627. The van der Waals surface area contributed by atoms with E-state index in [0.29, 0.717) is 41.3 Å². The number of halogens is 2. The molecule has 2 bridgehead atoms. The van der Waals surface area contributed by atoms with E-state index in [4.69, 9.17) is 0 Å². The van der Waals surface area contributed by atoms with Crippen molar-refractivity contribution in [1.82, 2.24) is 15.0 Å². The summed E-state index contributed by atoms with van der Waals surface area (Å²) in [5.41, 5.74) is 0.225. The highest BCUT2D eigenvalue weighted by Gasteiger charge is 2.56. The van der Waals surface area contributed by atoms with Crippen LogP contribution in [0.2, 0.25) is 0 Å². The van der Waals surface area contributed by atoms with E-state index >= 15 is 0 Å². The molecule has 3 aromatic rings. The maximum atomic E-state index is 14.7. The van der Waals surface area contributed by atoms with Crippen LogP contribution in [-0.2, 0) is 0 Å². The van der Waals surface area contributed by atoms with Gasteiger partial charge in [0.25, 0.3) is 5.91 Å². The first kappa shape index (κ1) is 20.5. The van der Waals surface area contributed by atoms with Crippen LogP contribution in [0.3, 0.4) is 0 Å². The number of hydrogen-bond acceptors (Lipinski definition) is 5. The molecule has 6 rings (SSSR count). The summed E-state index contributed by atoms with van der Waals surface area (Å²) in [5.74, 6) is 0.368. The molecule has 0 unspecified atom stereocenters. The number of aromatic nitrogens is 3. The molecular weight excluding hydrogens is 412 g/mol. The molecule has 1 saturated carbocycles. The fraction of sp³-hybridized carbons (Fsp3) is 0.333. The van der Waals surface area contributed by atoms with Crippen LogP contribution in [0.1, 0.15) is 48.8 Å². The second-order valence-corrected chi connectivity index (χ2v) is 8.82. The van der Waals surface area contributed by atoms with Gasteiger partial charge >= 0.3 is 0 Å². The average Bonchev–Trinajstić information content (AvgIpc) is 3.27. The molecule has 0 spiro atoms. The predicted molar refractivity (Wildman–Crippen MR) is 118 cm³/mol. The van der Waals surface area contributed by atoms with Gasteiger partial charge in [0.2, 0.25) is 0 Å². The molecule has 8 heteroatoms. The van der Waals surface area contributed by atoms with Crippen LogP contribution in [0, 0.1) is 5.82 Å². The number of benzene rings is 1. The highest BCUT2D eigenvalue weighted by atomic mass is 19.1. The smallest absolute Gasteiger partial charge is 0.258 e. The van der Waals surface area contributed by atoms with E-state index in [0.717, 1.165) is 0 Å². The Kier molecular flexibility index (Phi) is 4.87. The number of alkyl halides is 1. The van der Waals surface area contributed by atoms with Crippen LogP contribution in [0.25, 0.3) is 11.1 Å². The SMILES string of the molecule is CC(C)c1ncc(C(=O)Nc2c(-c3ccccc3F)ccnc2N2CC3(F)CC2C3)cn1. The number of carbonyl (C=O) groups is 1. The minimum absolute atomic E-state index is 0.0210. The van der Waals surface area contributed by atoms with Crippen LogP contribution in [-0.4, -0.2) is 39.1 Å². The second kappa shape index (κ2) is 7.62. The number of hydrogen-bond donors (Lipinski definition) is 1. The van der Waals surface area contributed by atoms with Crippen LogP contribution in [0.5, 0.6) is 0 Å². The molecule has 164 valence electrons. The lowest BCUT2D eigenvalue weighted by atomic mass is 9.83. The Hall–Kier alpha value is -3.42. The van der Waals surface area contributed by atoms with Gasteiger partial charge in [0, 0.05) is 54.5 Å². The first-order chi connectivity index (χ1) is 15.3. The van der Waals surface area contributed by atoms with Gasteiger partial charge in [-0.2, -0.15) is 0 Å². The summed E-state index contributed by atoms with van der Waals surface area (Å²) in [7, 11) is 0. The molecule has 3 aliphatic rings. The van der Waals surface area contributed by atoms with Gasteiger partial charge in [0.05, 0.1) is 17.8 Å². The van der Waals surface area contributed by atoms with Crippen molar-refractivity contribution in [2.75, 3.05) is 16.8 Å². The van der Waals surface area contributed by atoms with Crippen LogP contribution < -0.4 is 10.2 Å². The topological polar surface area (TPSA) is 71.0 Å². The zero-order chi connectivity index (χ0) is 22.5. The number of rotatable bonds is 5. The Labute approximate surface area is 184 Å². The summed E-state index contributed by atoms with van der Waals surface area (Å²) >= 11 is 0. The van der Waals surface area contributed by atoms with Crippen LogP contribution in [0.15, 0.2) is 48.9 Å². The molecule has 2 aliphatic heterocycles. The third-order valence-corrected chi connectivity index (χ3v) is 6.15. The van der Waals surface area contributed by atoms with Crippen molar-refractivity contribution in [2.45, 2.75) is 44.3 Å². The Morgan fingerprint density at radius 1 is 1.12 bits per heavy atom. The molecule has 3 fully saturated rings. The molecule has 0 atom stereocenters. The lowest BCUT2D eigenvalue weighted by Gasteiger charge is -2.30. The van der Waals surface area contributed by atoms with E-state index in [1.165, 1.54) is 18.5 Å². The number of amides is 1. The maximum Gasteiger partial charge on any atom is 0.258 e. The summed E-state index contributed by atoms with van der Waals surface area (Å²) in [4.78, 5) is 27.9. The van der Waals surface area contributed by atoms with Gasteiger partial charge in [0.1, 0.15) is 17.3 Å². The molecule has 1 amide bonds. The zero-order valence-corrected chi connectivity index (χ0v) is 17.8. The Balaban J connectivity index is 1.56. The van der Waals surface area contributed by atoms with E-state index in [1.54, 1.807) is 30.5 Å². The third kappa shape index (κ3) is 3.49. The Morgan fingerprint density at radius 3 is 2.47 bits per heavy atom. The van der Waals surface area contributed by atoms with Crippen molar-refractivity contribution in [3.63, 3.8) is 0 Å². The van der Waals surface area contributed by atoms with E-state index in [-0.39, 0.29) is 24.1 Å². The first-order valence-electron chi connectivity index (χ1n) is 10.7. The summed E-state index contributed by atoms with van der Waals surface area (Å²) in [6.45, 7) is 4.15. The first-order valence-corrected chi connectivity index (χ1v) is 10.7. The fourth-order valence-corrected chi connectivity index (χ4v) is 4.45. The van der Waals surface area contributed by atoms with E-state index in [2.05, 4.69) is 20.3 Å². The van der Waals surface area contributed by atoms with Crippen molar-refractivity contribution >= 4 is 17.4 Å². The fourth-order valence-electron chi connectivity index (χ4n) is 4.45. The Morgan fingerprint density at radius 2 is 1.84 bits per heavy atom.